The van der Waals surface area contributed by atoms with Gasteiger partial charge in [-0.3, -0.25) is 4.79 Å². The molecule has 2 aromatic rings. The molecule has 156 valence electrons. The molecular formula is C21H25FN2O4S. The van der Waals surface area contributed by atoms with Gasteiger partial charge < -0.3 is 10.1 Å². The number of halogens is 1. The third kappa shape index (κ3) is 4.94. The van der Waals surface area contributed by atoms with Crippen LogP contribution in [0, 0.1) is 11.7 Å². The van der Waals surface area contributed by atoms with Gasteiger partial charge in [0, 0.05) is 13.1 Å². The lowest BCUT2D eigenvalue weighted by molar-refractivity contribution is -0.126. The molecule has 3 rings (SSSR count). The lowest BCUT2D eigenvalue weighted by Crippen LogP contribution is -2.45. The molecule has 1 heterocycles. The Kier molecular flexibility index (Phi) is 6.54. The van der Waals surface area contributed by atoms with Gasteiger partial charge in [-0.15, -0.1) is 0 Å². The number of methoxy groups -OCH3 is 1. The molecular weight excluding hydrogens is 395 g/mol. The molecule has 0 bridgehead atoms. The van der Waals surface area contributed by atoms with Crippen LogP contribution in [0.2, 0.25) is 0 Å². The number of hydrogen-bond donors (Lipinski definition) is 1. The van der Waals surface area contributed by atoms with Crippen molar-refractivity contribution in [2.75, 3.05) is 20.2 Å². The van der Waals surface area contributed by atoms with E-state index in [1.165, 1.54) is 16.4 Å². The molecule has 2 aromatic carbocycles. The number of piperidine rings is 1. The number of hydrogen-bond acceptors (Lipinski definition) is 4. The Morgan fingerprint density at radius 1 is 1.17 bits per heavy atom. The maximum atomic E-state index is 13.1. The maximum absolute atomic E-state index is 13.1. The summed E-state index contributed by atoms with van der Waals surface area (Å²) in [6, 6.07) is 12.0. The van der Waals surface area contributed by atoms with Crippen LogP contribution in [0.3, 0.4) is 0 Å². The van der Waals surface area contributed by atoms with Gasteiger partial charge in [-0.2, -0.15) is 4.31 Å². The number of rotatable bonds is 6. The summed E-state index contributed by atoms with van der Waals surface area (Å²) in [7, 11) is -2.17. The van der Waals surface area contributed by atoms with Gasteiger partial charge in [0.15, 0.2) is 0 Å². The van der Waals surface area contributed by atoms with E-state index in [9.17, 15) is 17.6 Å². The minimum absolute atomic E-state index is 0.0339. The summed E-state index contributed by atoms with van der Waals surface area (Å²) in [6.07, 6.45) is 1.21. The van der Waals surface area contributed by atoms with Crippen LogP contribution >= 0.6 is 0 Å². The molecule has 1 saturated heterocycles. The quantitative estimate of drug-likeness (QED) is 0.779. The van der Waals surface area contributed by atoms with Gasteiger partial charge in [0.2, 0.25) is 15.9 Å². The smallest absolute Gasteiger partial charge is 0.243 e. The molecule has 0 saturated carbocycles. The SMILES string of the molecule is COc1ccc([C@H](C)NC(=O)[C@H]2CCCN(S(=O)(=O)c3ccc(F)cc3)C2)cc1. The summed E-state index contributed by atoms with van der Waals surface area (Å²) in [6.45, 7) is 2.34. The van der Waals surface area contributed by atoms with Crippen molar-refractivity contribution in [2.24, 2.45) is 5.92 Å². The summed E-state index contributed by atoms with van der Waals surface area (Å²) in [4.78, 5) is 12.8. The molecule has 0 aliphatic carbocycles. The Labute approximate surface area is 170 Å². The van der Waals surface area contributed by atoms with Crippen molar-refractivity contribution in [1.29, 1.82) is 0 Å². The Morgan fingerprint density at radius 3 is 2.45 bits per heavy atom. The van der Waals surface area contributed by atoms with E-state index in [4.69, 9.17) is 4.74 Å². The molecule has 1 N–H and O–H groups in total. The van der Waals surface area contributed by atoms with Crippen LogP contribution in [0.25, 0.3) is 0 Å². The molecule has 2 atom stereocenters. The standard InChI is InChI=1S/C21H25FN2O4S/c1-15(16-5-9-19(28-2)10-6-16)23-21(25)17-4-3-13-24(14-17)29(26,27)20-11-7-18(22)8-12-20/h5-12,15,17H,3-4,13-14H2,1-2H3,(H,23,25)/t15-,17-/m0/s1. The predicted octanol–water partition coefficient (Wildman–Crippen LogP) is 3.11. The van der Waals surface area contributed by atoms with Crippen molar-refractivity contribution in [3.05, 3.63) is 59.9 Å². The van der Waals surface area contributed by atoms with Gasteiger partial charge in [0.25, 0.3) is 0 Å². The van der Waals surface area contributed by atoms with Gasteiger partial charge in [-0.1, -0.05) is 12.1 Å². The van der Waals surface area contributed by atoms with Gasteiger partial charge >= 0.3 is 0 Å². The first kappa shape index (κ1) is 21.3. The van der Waals surface area contributed by atoms with Crippen molar-refractivity contribution in [1.82, 2.24) is 9.62 Å². The molecule has 0 spiro atoms. The highest BCUT2D eigenvalue weighted by molar-refractivity contribution is 7.89. The zero-order valence-electron chi connectivity index (χ0n) is 16.5. The third-order valence-electron chi connectivity index (χ3n) is 5.18. The van der Waals surface area contributed by atoms with Crippen LogP contribution < -0.4 is 10.1 Å². The summed E-state index contributed by atoms with van der Waals surface area (Å²) in [5.41, 5.74) is 0.936. The van der Waals surface area contributed by atoms with E-state index < -0.39 is 21.8 Å². The van der Waals surface area contributed by atoms with Crippen LogP contribution in [0.15, 0.2) is 53.4 Å². The molecule has 1 fully saturated rings. The number of benzene rings is 2. The van der Waals surface area contributed by atoms with Gasteiger partial charge in [-0.05, 0) is 61.7 Å². The van der Waals surface area contributed by atoms with E-state index in [1.54, 1.807) is 7.11 Å². The highest BCUT2D eigenvalue weighted by Gasteiger charge is 2.33. The van der Waals surface area contributed by atoms with Gasteiger partial charge in [0.1, 0.15) is 11.6 Å². The molecule has 1 aliphatic rings. The normalized spacial score (nSPS) is 18.8. The van der Waals surface area contributed by atoms with E-state index in [-0.39, 0.29) is 23.4 Å². The van der Waals surface area contributed by atoms with Gasteiger partial charge in [0.05, 0.1) is 24.0 Å². The minimum atomic E-state index is -3.76. The number of amides is 1. The van der Waals surface area contributed by atoms with Gasteiger partial charge in [-0.25, -0.2) is 12.8 Å². The van der Waals surface area contributed by atoms with Crippen molar-refractivity contribution in [3.63, 3.8) is 0 Å². The first-order valence-corrected chi connectivity index (χ1v) is 11.0. The summed E-state index contributed by atoms with van der Waals surface area (Å²) < 4.78 is 45.2. The van der Waals surface area contributed by atoms with E-state index >= 15 is 0 Å². The minimum Gasteiger partial charge on any atom is -0.497 e. The molecule has 29 heavy (non-hydrogen) atoms. The van der Waals surface area contributed by atoms with E-state index in [0.717, 1.165) is 23.4 Å². The highest BCUT2D eigenvalue weighted by Crippen LogP contribution is 2.25. The average molecular weight is 421 g/mol. The molecule has 1 aliphatic heterocycles. The van der Waals surface area contributed by atoms with E-state index in [0.29, 0.717) is 19.4 Å². The van der Waals surface area contributed by atoms with E-state index in [1.807, 2.05) is 31.2 Å². The average Bonchev–Trinajstić information content (AvgIpc) is 2.74. The summed E-state index contributed by atoms with van der Waals surface area (Å²) in [5.74, 6) is -0.361. The first-order valence-electron chi connectivity index (χ1n) is 9.51. The van der Waals surface area contributed by atoms with Crippen molar-refractivity contribution < 1.29 is 22.3 Å². The first-order chi connectivity index (χ1) is 13.8. The molecule has 6 nitrogen and oxygen atoms in total. The lowest BCUT2D eigenvalue weighted by Gasteiger charge is -2.32. The summed E-state index contributed by atoms with van der Waals surface area (Å²) in [5, 5.41) is 2.97. The van der Waals surface area contributed by atoms with Crippen LogP contribution in [-0.4, -0.2) is 38.8 Å². The van der Waals surface area contributed by atoms with Crippen LogP contribution in [-0.2, 0) is 14.8 Å². The van der Waals surface area contributed by atoms with Crippen LogP contribution in [0.5, 0.6) is 5.75 Å². The zero-order valence-corrected chi connectivity index (χ0v) is 17.3. The lowest BCUT2D eigenvalue weighted by atomic mass is 9.98. The second kappa shape index (κ2) is 8.92. The molecule has 0 unspecified atom stereocenters. The largest absolute Gasteiger partial charge is 0.497 e. The maximum Gasteiger partial charge on any atom is 0.243 e. The number of nitrogens with one attached hydrogen (secondary N) is 1. The molecule has 0 aromatic heterocycles. The number of nitrogens with zero attached hydrogens (tertiary/aromatic N) is 1. The van der Waals surface area contributed by atoms with E-state index in [2.05, 4.69) is 5.32 Å². The second-order valence-electron chi connectivity index (χ2n) is 7.16. The monoisotopic (exact) mass is 420 g/mol. The Morgan fingerprint density at radius 2 is 1.83 bits per heavy atom. The molecule has 0 radical (unpaired) electrons. The Hall–Kier alpha value is -2.45. The fraction of sp³-hybridized carbons (Fsp3) is 0.381. The Balaban J connectivity index is 1.66. The number of ether oxygens (including phenoxy) is 1. The summed E-state index contributed by atoms with van der Waals surface area (Å²) >= 11 is 0. The van der Waals surface area contributed by atoms with Crippen LogP contribution in [0.4, 0.5) is 4.39 Å². The highest BCUT2D eigenvalue weighted by atomic mass is 32.2. The number of carbonyl (C=O) groups is 1. The zero-order chi connectivity index (χ0) is 21.0. The number of carbonyl (C=O) groups excluding carboxylic acids is 1. The number of sulfonamides is 1. The second-order valence-corrected chi connectivity index (χ2v) is 9.10. The van der Waals surface area contributed by atoms with Crippen LogP contribution in [0.1, 0.15) is 31.4 Å². The molecule has 1 amide bonds. The van der Waals surface area contributed by atoms with Crippen molar-refractivity contribution in [2.45, 2.75) is 30.7 Å². The topological polar surface area (TPSA) is 75.7 Å². The third-order valence-corrected chi connectivity index (χ3v) is 7.06. The van der Waals surface area contributed by atoms with Crippen molar-refractivity contribution >= 4 is 15.9 Å². The Bertz CT molecular complexity index is 946. The fourth-order valence-electron chi connectivity index (χ4n) is 3.44. The molecule has 8 heteroatoms. The predicted molar refractivity (Wildman–Crippen MR) is 107 cm³/mol. The van der Waals surface area contributed by atoms with Crippen molar-refractivity contribution in [3.8, 4) is 5.75 Å². The fourth-order valence-corrected chi connectivity index (χ4v) is 4.96.